The molecular formula is C24H22ClFN2O6. The second-order valence-electron chi connectivity index (χ2n) is 8.08. The molecule has 2 aromatic carbocycles. The summed E-state index contributed by atoms with van der Waals surface area (Å²) in [6.45, 7) is 2.01. The van der Waals surface area contributed by atoms with Crippen LogP contribution in [0.5, 0.6) is 0 Å². The highest BCUT2D eigenvalue weighted by Gasteiger charge is 2.28. The number of nitro groups is 1. The van der Waals surface area contributed by atoms with Crippen LogP contribution < -0.4 is 0 Å². The normalized spacial score (nSPS) is 18.0. The van der Waals surface area contributed by atoms with Crippen LogP contribution in [0.4, 0.5) is 10.1 Å². The molecule has 8 nitrogen and oxygen atoms in total. The van der Waals surface area contributed by atoms with E-state index >= 15 is 0 Å². The van der Waals surface area contributed by atoms with Crippen molar-refractivity contribution in [2.24, 2.45) is 0 Å². The third-order valence-electron chi connectivity index (χ3n) is 5.67. The highest BCUT2D eigenvalue weighted by atomic mass is 35.5. The largest absolute Gasteiger partial charge is 0.459 e. The van der Waals surface area contributed by atoms with Crippen molar-refractivity contribution in [2.75, 3.05) is 0 Å². The van der Waals surface area contributed by atoms with Crippen molar-refractivity contribution >= 4 is 23.3 Å². The van der Waals surface area contributed by atoms with Crippen LogP contribution in [0.1, 0.15) is 47.5 Å². The molecule has 1 fully saturated rings. The first kappa shape index (κ1) is 23.8. The van der Waals surface area contributed by atoms with Gasteiger partial charge in [0.25, 0.3) is 5.69 Å². The molecule has 0 spiro atoms. The van der Waals surface area contributed by atoms with E-state index in [-0.39, 0.29) is 34.8 Å². The van der Waals surface area contributed by atoms with Crippen LogP contribution in [-0.2, 0) is 16.1 Å². The summed E-state index contributed by atoms with van der Waals surface area (Å²) in [7, 11) is 0. The monoisotopic (exact) mass is 488 g/mol. The van der Waals surface area contributed by atoms with Gasteiger partial charge in [0.2, 0.25) is 5.89 Å². The Kier molecular flexibility index (Phi) is 7.23. The van der Waals surface area contributed by atoms with Crippen LogP contribution in [0, 0.1) is 22.9 Å². The Bertz CT molecular complexity index is 1200. The highest BCUT2D eigenvalue weighted by molar-refractivity contribution is 6.33. The number of benzene rings is 2. The van der Waals surface area contributed by atoms with Crippen LogP contribution in [0.25, 0.3) is 11.5 Å². The molecule has 3 aromatic rings. The number of aromatic nitrogens is 1. The average molecular weight is 489 g/mol. The molecule has 0 unspecified atom stereocenters. The first-order valence-corrected chi connectivity index (χ1v) is 11.2. The van der Waals surface area contributed by atoms with Crippen molar-refractivity contribution in [3.63, 3.8) is 0 Å². The Labute approximate surface area is 199 Å². The van der Waals surface area contributed by atoms with Crippen LogP contribution >= 0.6 is 11.6 Å². The maximum atomic E-state index is 13.2. The Balaban J connectivity index is 1.35. The third-order valence-corrected chi connectivity index (χ3v) is 6.00. The van der Waals surface area contributed by atoms with E-state index in [0.29, 0.717) is 35.7 Å². The molecule has 10 heteroatoms. The molecule has 1 saturated carbocycles. The lowest BCUT2D eigenvalue weighted by atomic mass is 9.94. The van der Waals surface area contributed by atoms with Crippen LogP contribution in [0.3, 0.4) is 0 Å². The number of hydrogen-bond acceptors (Lipinski definition) is 7. The molecule has 1 heterocycles. The fraction of sp³-hybridized carbons (Fsp3) is 0.333. The standard InChI is InChI=1S/C24H22ClFN2O6/c1-14-22(27-23(33-14)15-5-7-16(26)8-6-15)13-32-18-3-2-4-19(12-18)34-24(29)20-11-17(28(30)31)9-10-21(20)25/h5-11,18-19H,2-4,12-13H2,1H3/t18-,19+/m0/s1. The highest BCUT2D eigenvalue weighted by Crippen LogP contribution is 2.29. The number of rotatable bonds is 7. The van der Waals surface area contributed by atoms with Crippen LogP contribution in [0.15, 0.2) is 46.9 Å². The van der Waals surface area contributed by atoms with Crippen molar-refractivity contribution < 1.29 is 28.0 Å². The Morgan fingerprint density at radius 2 is 1.97 bits per heavy atom. The summed E-state index contributed by atoms with van der Waals surface area (Å²) in [6.07, 6.45) is 2.19. The minimum absolute atomic E-state index is 0.0366. The lowest BCUT2D eigenvalue weighted by Crippen LogP contribution is -2.30. The van der Waals surface area contributed by atoms with Crippen molar-refractivity contribution in [3.05, 3.63) is 80.4 Å². The molecule has 0 saturated heterocycles. The van der Waals surface area contributed by atoms with Gasteiger partial charge < -0.3 is 13.9 Å². The second-order valence-corrected chi connectivity index (χ2v) is 8.48. The van der Waals surface area contributed by atoms with E-state index in [1.54, 1.807) is 19.1 Å². The molecule has 34 heavy (non-hydrogen) atoms. The van der Waals surface area contributed by atoms with E-state index in [2.05, 4.69) is 4.98 Å². The van der Waals surface area contributed by atoms with Gasteiger partial charge in [-0.15, -0.1) is 0 Å². The molecule has 4 rings (SSSR count). The van der Waals surface area contributed by atoms with E-state index in [1.807, 2.05) is 0 Å². The number of nitro benzene ring substituents is 1. The summed E-state index contributed by atoms with van der Waals surface area (Å²) < 4.78 is 30.5. The Morgan fingerprint density at radius 3 is 2.71 bits per heavy atom. The van der Waals surface area contributed by atoms with Gasteiger partial charge in [0.15, 0.2) is 0 Å². The minimum Gasteiger partial charge on any atom is -0.459 e. The van der Waals surface area contributed by atoms with Crippen molar-refractivity contribution in [3.8, 4) is 11.5 Å². The summed E-state index contributed by atoms with van der Waals surface area (Å²) in [5, 5.41) is 11.1. The van der Waals surface area contributed by atoms with Crippen LogP contribution in [-0.4, -0.2) is 28.1 Å². The number of hydrogen-bond donors (Lipinski definition) is 0. The predicted molar refractivity (Wildman–Crippen MR) is 121 cm³/mol. The van der Waals surface area contributed by atoms with Gasteiger partial charge in [0.1, 0.15) is 23.4 Å². The number of non-ortho nitro benzene ring substituents is 1. The van der Waals surface area contributed by atoms with Crippen molar-refractivity contribution in [1.82, 2.24) is 4.98 Å². The summed E-state index contributed by atoms with van der Waals surface area (Å²) >= 11 is 6.05. The fourth-order valence-corrected chi connectivity index (χ4v) is 4.03. The van der Waals surface area contributed by atoms with Crippen molar-refractivity contribution in [1.29, 1.82) is 0 Å². The van der Waals surface area contributed by atoms with Gasteiger partial charge in [0, 0.05) is 24.1 Å². The second kappa shape index (κ2) is 10.3. The molecule has 1 aliphatic rings. The maximum Gasteiger partial charge on any atom is 0.340 e. The number of aryl methyl sites for hydroxylation is 1. The summed E-state index contributed by atoms with van der Waals surface area (Å²) in [6, 6.07) is 9.54. The smallest absolute Gasteiger partial charge is 0.340 e. The molecule has 2 atom stereocenters. The van der Waals surface area contributed by atoms with E-state index in [9.17, 15) is 19.3 Å². The SMILES string of the molecule is Cc1oc(-c2ccc(F)cc2)nc1CO[C@H]1CCC[C@@H](OC(=O)c2cc([N+](=O)[O-])ccc2Cl)C1. The zero-order valence-electron chi connectivity index (χ0n) is 18.3. The molecule has 1 aromatic heterocycles. The minimum atomic E-state index is -0.698. The summed E-state index contributed by atoms with van der Waals surface area (Å²) in [4.78, 5) is 27.4. The predicted octanol–water partition coefficient (Wildman–Crippen LogP) is 6.04. The molecule has 0 aliphatic heterocycles. The van der Waals surface area contributed by atoms with Gasteiger partial charge in [-0.3, -0.25) is 10.1 Å². The Morgan fingerprint density at radius 1 is 1.24 bits per heavy atom. The van der Waals surface area contributed by atoms with Gasteiger partial charge >= 0.3 is 5.97 Å². The van der Waals surface area contributed by atoms with Gasteiger partial charge in [-0.2, -0.15) is 0 Å². The number of esters is 1. The zero-order valence-corrected chi connectivity index (χ0v) is 19.1. The topological polar surface area (TPSA) is 105 Å². The first-order chi connectivity index (χ1) is 16.3. The number of carbonyl (C=O) groups is 1. The number of carbonyl (C=O) groups excluding carboxylic acids is 1. The van der Waals surface area contributed by atoms with Gasteiger partial charge in [-0.1, -0.05) is 11.6 Å². The van der Waals surface area contributed by atoms with E-state index in [4.69, 9.17) is 25.5 Å². The fourth-order valence-electron chi connectivity index (χ4n) is 3.83. The lowest BCUT2D eigenvalue weighted by molar-refractivity contribution is -0.384. The van der Waals surface area contributed by atoms with E-state index < -0.39 is 17.0 Å². The number of halogens is 2. The molecule has 0 N–H and O–H groups in total. The average Bonchev–Trinajstić information content (AvgIpc) is 3.19. The van der Waals surface area contributed by atoms with E-state index in [0.717, 1.165) is 18.9 Å². The summed E-state index contributed by atoms with van der Waals surface area (Å²) in [5.74, 6) is -0.0367. The summed E-state index contributed by atoms with van der Waals surface area (Å²) in [5.41, 5.74) is 1.04. The van der Waals surface area contributed by atoms with Crippen LogP contribution in [0.2, 0.25) is 5.02 Å². The van der Waals surface area contributed by atoms with Gasteiger partial charge in [0.05, 0.1) is 28.2 Å². The van der Waals surface area contributed by atoms with E-state index in [1.165, 1.54) is 24.3 Å². The molecule has 0 amide bonds. The quantitative estimate of drug-likeness (QED) is 0.227. The number of oxazole rings is 1. The van der Waals surface area contributed by atoms with Gasteiger partial charge in [-0.25, -0.2) is 14.2 Å². The molecule has 0 bridgehead atoms. The van der Waals surface area contributed by atoms with Gasteiger partial charge in [-0.05, 0) is 56.5 Å². The molecule has 0 radical (unpaired) electrons. The molecule has 1 aliphatic carbocycles. The number of nitrogens with zero attached hydrogens (tertiary/aromatic N) is 2. The maximum absolute atomic E-state index is 13.2. The molecule has 178 valence electrons. The Hall–Kier alpha value is -3.30. The van der Waals surface area contributed by atoms with Crippen molar-refractivity contribution in [2.45, 2.75) is 51.4 Å². The first-order valence-electron chi connectivity index (χ1n) is 10.8. The third kappa shape index (κ3) is 5.60. The lowest BCUT2D eigenvalue weighted by Gasteiger charge is -2.28. The zero-order chi connectivity index (χ0) is 24.2. The number of ether oxygens (including phenoxy) is 2. The molecular weight excluding hydrogens is 467 g/mol.